The van der Waals surface area contributed by atoms with Crippen molar-refractivity contribution in [1.82, 2.24) is 15.0 Å². The van der Waals surface area contributed by atoms with E-state index in [1.54, 1.807) is 12.3 Å². The minimum Gasteiger partial charge on any atom is -0.363 e. The average Bonchev–Trinajstić information content (AvgIpc) is 2.90. The maximum Gasteiger partial charge on any atom is 0.242 e. The molecule has 0 saturated carbocycles. The van der Waals surface area contributed by atoms with E-state index in [0.717, 1.165) is 30.7 Å². The number of H-pyrrole nitrogens is 1. The summed E-state index contributed by atoms with van der Waals surface area (Å²) < 4.78 is 26.9. The molecular weight excluding hydrogens is 306 g/mol. The van der Waals surface area contributed by atoms with Gasteiger partial charge in [0.25, 0.3) is 0 Å². The molecule has 0 aromatic carbocycles. The number of nitrogens with one attached hydrogen (secondary N) is 3. The Hall–Kier alpha value is -0.500. The highest BCUT2D eigenvalue weighted by Gasteiger charge is 2.15. The Morgan fingerprint density at radius 2 is 2.05 bits per heavy atom. The molecule has 3 N–H and O–H groups in total. The molecule has 0 aliphatic heterocycles. The molecule has 5 nitrogen and oxygen atoms in total. The third-order valence-corrected chi connectivity index (χ3v) is 5.18. The minimum atomic E-state index is -3.38. The van der Waals surface area contributed by atoms with Gasteiger partial charge in [-0.3, -0.25) is 0 Å². The molecule has 0 bridgehead atoms. The van der Waals surface area contributed by atoms with Crippen molar-refractivity contribution in [2.45, 2.75) is 50.6 Å². The maximum absolute atomic E-state index is 12.1. The summed E-state index contributed by atoms with van der Waals surface area (Å²) in [7, 11) is -3.38. The van der Waals surface area contributed by atoms with Gasteiger partial charge in [-0.2, -0.15) is 11.8 Å². The van der Waals surface area contributed by atoms with Crippen LogP contribution >= 0.6 is 11.8 Å². The molecular formula is C14H27N3O2S2. The number of unbranched alkanes of at least 4 members (excludes halogenated alkanes) is 2. The van der Waals surface area contributed by atoms with Crippen molar-refractivity contribution in [2.24, 2.45) is 0 Å². The first-order valence-electron chi connectivity index (χ1n) is 7.35. The third-order valence-electron chi connectivity index (χ3n) is 3.04. The molecule has 122 valence electrons. The van der Waals surface area contributed by atoms with E-state index in [-0.39, 0.29) is 0 Å². The number of thioether (sulfide) groups is 1. The van der Waals surface area contributed by atoms with E-state index in [4.69, 9.17) is 0 Å². The highest BCUT2D eigenvalue weighted by molar-refractivity contribution is 7.98. The molecule has 0 aliphatic carbocycles. The number of hydrogen-bond acceptors (Lipinski definition) is 4. The molecule has 1 aromatic heterocycles. The maximum atomic E-state index is 12.1. The Morgan fingerprint density at radius 1 is 1.29 bits per heavy atom. The largest absolute Gasteiger partial charge is 0.363 e. The summed E-state index contributed by atoms with van der Waals surface area (Å²) in [6.07, 6.45) is 6.71. The van der Waals surface area contributed by atoms with Gasteiger partial charge in [-0.1, -0.05) is 20.3 Å². The van der Waals surface area contributed by atoms with E-state index in [1.165, 1.54) is 0 Å². The summed E-state index contributed by atoms with van der Waals surface area (Å²) in [5, 5.41) is 3.25. The molecule has 0 aliphatic rings. The highest BCUT2D eigenvalue weighted by Crippen LogP contribution is 2.11. The third kappa shape index (κ3) is 7.35. The lowest BCUT2D eigenvalue weighted by Gasteiger charge is -2.06. The number of sulfonamides is 1. The number of aromatic amines is 1. The fourth-order valence-electron chi connectivity index (χ4n) is 1.83. The van der Waals surface area contributed by atoms with Crippen LogP contribution in [0.4, 0.5) is 0 Å². The molecule has 1 rings (SSSR count). The van der Waals surface area contributed by atoms with Gasteiger partial charge in [-0.25, -0.2) is 13.1 Å². The van der Waals surface area contributed by atoms with Crippen LogP contribution in [0.5, 0.6) is 0 Å². The Labute approximate surface area is 132 Å². The Morgan fingerprint density at radius 3 is 2.71 bits per heavy atom. The molecule has 21 heavy (non-hydrogen) atoms. The second-order valence-electron chi connectivity index (χ2n) is 5.35. The van der Waals surface area contributed by atoms with Crippen molar-refractivity contribution in [2.75, 3.05) is 18.6 Å². The van der Waals surface area contributed by atoms with Gasteiger partial charge in [0, 0.05) is 31.0 Å². The monoisotopic (exact) mass is 333 g/mol. The summed E-state index contributed by atoms with van der Waals surface area (Å²) in [5.74, 6) is 1.14. The van der Waals surface area contributed by atoms with Crippen molar-refractivity contribution in [3.8, 4) is 0 Å². The highest BCUT2D eigenvalue weighted by atomic mass is 32.2. The van der Waals surface area contributed by atoms with E-state index < -0.39 is 10.0 Å². The van der Waals surface area contributed by atoms with Crippen LogP contribution in [-0.4, -0.2) is 38.0 Å². The summed E-state index contributed by atoms with van der Waals surface area (Å²) in [6, 6.07) is 2.05. The first-order valence-corrected chi connectivity index (χ1v) is 10.2. The zero-order chi connectivity index (χ0) is 15.7. The number of hydrogen-bond donors (Lipinski definition) is 3. The van der Waals surface area contributed by atoms with Crippen LogP contribution in [0.1, 0.15) is 38.8 Å². The molecule has 7 heteroatoms. The molecule has 0 spiro atoms. The molecule has 0 fully saturated rings. The van der Waals surface area contributed by atoms with Gasteiger partial charge >= 0.3 is 0 Å². The van der Waals surface area contributed by atoms with E-state index >= 15 is 0 Å². The van der Waals surface area contributed by atoms with E-state index in [2.05, 4.69) is 35.1 Å². The van der Waals surface area contributed by atoms with Crippen LogP contribution in [0.3, 0.4) is 0 Å². The van der Waals surface area contributed by atoms with Crippen molar-refractivity contribution in [3.63, 3.8) is 0 Å². The normalized spacial score (nSPS) is 12.2. The van der Waals surface area contributed by atoms with Crippen molar-refractivity contribution in [3.05, 3.63) is 18.0 Å². The lowest BCUT2D eigenvalue weighted by Crippen LogP contribution is -2.24. The molecule has 0 radical (unpaired) electrons. The molecule has 0 atom stereocenters. The van der Waals surface area contributed by atoms with Crippen LogP contribution in [0.25, 0.3) is 0 Å². The van der Waals surface area contributed by atoms with Crippen LogP contribution in [0, 0.1) is 0 Å². The van der Waals surface area contributed by atoms with Gasteiger partial charge in [-0.05, 0) is 30.9 Å². The predicted octanol–water partition coefficient (Wildman–Crippen LogP) is 2.32. The minimum absolute atomic E-state index is 0.312. The second kappa shape index (κ2) is 9.50. The fourth-order valence-corrected chi connectivity index (χ4v) is 3.41. The summed E-state index contributed by atoms with van der Waals surface area (Å²) in [5.41, 5.74) is 0.879. The van der Waals surface area contributed by atoms with Crippen molar-refractivity contribution < 1.29 is 8.42 Å². The quantitative estimate of drug-likeness (QED) is 0.543. The van der Waals surface area contributed by atoms with Gasteiger partial charge in [0.2, 0.25) is 10.0 Å². The Bertz CT molecular complexity index is 498. The van der Waals surface area contributed by atoms with Crippen LogP contribution < -0.4 is 10.0 Å². The smallest absolute Gasteiger partial charge is 0.242 e. The summed E-state index contributed by atoms with van der Waals surface area (Å²) in [4.78, 5) is 3.31. The molecule has 0 amide bonds. The van der Waals surface area contributed by atoms with Crippen molar-refractivity contribution in [1.29, 1.82) is 0 Å². The van der Waals surface area contributed by atoms with Gasteiger partial charge in [-0.15, -0.1) is 0 Å². The first kappa shape index (κ1) is 18.5. The van der Waals surface area contributed by atoms with Gasteiger partial charge in [0.05, 0.1) is 4.90 Å². The summed E-state index contributed by atoms with van der Waals surface area (Å²) in [6.45, 7) is 5.25. The zero-order valence-electron chi connectivity index (χ0n) is 13.1. The Kier molecular flexibility index (Phi) is 8.39. The van der Waals surface area contributed by atoms with Crippen LogP contribution in [-0.2, 0) is 16.6 Å². The second-order valence-corrected chi connectivity index (χ2v) is 8.10. The molecule has 0 unspecified atom stereocenters. The standard InChI is InChI=1S/C14H27N3O2S2/c1-12(2)15-10-13-9-14(11-16-13)21(18,19)17-7-5-4-6-8-20-3/h9,11-12,15-17H,4-8,10H2,1-3H3. The first-order chi connectivity index (χ1) is 9.95. The Balaban J connectivity index is 2.40. The lowest BCUT2D eigenvalue weighted by atomic mass is 10.2. The van der Waals surface area contributed by atoms with Crippen molar-refractivity contribution >= 4 is 21.8 Å². The van der Waals surface area contributed by atoms with Gasteiger partial charge < -0.3 is 10.3 Å². The van der Waals surface area contributed by atoms with E-state index in [1.807, 2.05) is 11.8 Å². The molecule has 1 heterocycles. The molecule has 0 saturated heterocycles. The number of aromatic nitrogens is 1. The van der Waals surface area contributed by atoms with E-state index in [0.29, 0.717) is 24.0 Å². The van der Waals surface area contributed by atoms with Crippen LogP contribution in [0.15, 0.2) is 17.2 Å². The number of rotatable bonds is 11. The van der Waals surface area contributed by atoms with Gasteiger partial charge in [0.15, 0.2) is 0 Å². The lowest BCUT2D eigenvalue weighted by molar-refractivity contribution is 0.576. The fraction of sp³-hybridized carbons (Fsp3) is 0.714. The zero-order valence-corrected chi connectivity index (χ0v) is 14.7. The average molecular weight is 334 g/mol. The molecule has 1 aromatic rings. The predicted molar refractivity (Wildman–Crippen MR) is 90.2 cm³/mol. The van der Waals surface area contributed by atoms with Crippen LogP contribution in [0.2, 0.25) is 0 Å². The van der Waals surface area contributed by atoms with E-state index in [9.17, 15) is 8.42 Å². The van der Waals surface area contributed by atoms with Gasteiger partial charge in [0.1, 0.15) is 0 Å². The summed E-state index contributed by atoms with van der Waals surface area (Å²) >= 11 is 1.82. The topological polar surface area (TPSA) is 74.0 Å². The SMILES string of the molecule is CSCCCCCNS(=O)(=O)c1c[nH]c(CNC(C)C)c1.